The molecule has 2 aliphatic heterocycles. The van der Waals surface area contributed by atoms with Crippen molar-refractivity contribution in [3.05, 3.63) is 102 Å². The minimum absolute atomic E-state index is 0.0200. The lowest BCUT2D eigenvalue weighted by Gasteiger charge is -2.24. The Bertz CT molecular complexity index is 1430. The average Bonchev–Trinajstić information content (AvgIpc) is 3.70. The van der Waals surface area contributed by atoms with Gasteiger partial charge < -0.3 is 15.0 Å². The number of hydrogen-bond donors (Lipinski definition) is 1. The first-order chi connectivity index (χ1) is 19.0. The number of halogens is 1. The summed E-state index contributed by atoms with van der Waals surface area (Å²) in [5.74, 6) is 0.309. The number of hydrogen-bond acceptors (Lipinski definition) is 6. The van der Waals surface area contributed by atoms with Crippen LogP contribution in [0.4, 0.5) is 10.1 Å². The molecule has 3 aromatic carbocycles. The highest BCUT2D eigenvalue weighted by Gasteiger charge is 2.42. The van der Waals surface area contributed by atoms with Crippen molar-refractivity contribution in [3.63, 3.8) is 0 Å². The van der Waals surface area contributed by atoms with Crippen LogP contribution in [0.5, 0.6) is 11.5 Å². The van der Waals surface area contributed by atoms with Crippen molar-refractivity contribution < 1.29 is 18.7 Å². The van der Waals surface area contributed by atoms with Crippen molar-refractivity contribution in [2.45, 2.75) is 38.1 Å². The molecule has 0 aliphatic carbocycles. The van der Waals surface area contributed by atoms with E-state index < -0.39 is 6.04 Å². The smallest absolute Gasteiger partial charge is 0.247 e. The highest BCUT2D eigenvalue weighted by Crippen LogP contribution is 2.31. The van der Waals surface area contributed by atoms with Gasteiger partial charge >= 0.3 is 0 Å². The van der Waals surface area contributed by atoms with E-state index in [1.807, 2.05) is 12.1 Å². The van der Waals surface area contributed by atoms with E-state index in [-0.39, 0.29) is 30.2 Å². The van der Waals surface area contributed by atoms with Gasteiger partial charge in [0.25, 0.3) is 0 Å². The van der Waals surface area contributed by atoms with Crippen LogP contribution in [0.1, 0.15) is 17.5 Å². The Morgan fingerprint density at radius 1 is 0.949 bits per heavy atom. The first-order valence-corrected chi connectivity index (χ1v) is 12.8. The molecular formula is C29H27FN6O3. The van der Waals surface area contributed by atoms with Gasteiger partial charge in [-0.05, 0) is 66.1 Å². The normalized spacial score (nSPS) is 18.6. The van der Waals surface area contributed by atoms with Crippen molar-refractivity contribution in [1.82, 2.24) is 24.6 Å². The van der Waals surface area contributed by atoms with E-state index in [1.54, 1.807) is 41.3 Å². The molecule has 4 aromatic rings. The van der Waals surface area contributed by atoms with Crippen molar-refractivity contribution >= 4 is 17.5 Å². The zero-order valence-corrected chi connectivity index (χ0v) is 21.1. The highest BCUT2D eigenvalue weighted by molar-refractivity contribution is 5.97. The maximum Gasteiger partial charge on any atom is 0.247 e. The van der Waals surface area contributed by atoms with Crippen LogP contribution in [0.2, 0.25) is 0 Å². The van der Waals surface area contributed by atoms with Gasteiger partial charge in [0.2, 0.25) is 11.8 Å². The molecule has 2 aliphatic rings. The summed E-state index contributed by atoms with van der Waals surface area (Å²) >= 11 is 0. The molecule has 6 rings (SSSR count). The second-order valence-corrected chi connectivity index (χ2v) is 9.79. The summed E-state index contributed by atoms with van der Waals surface area (Å²) in [6.07, 6.45) is 3.41. The maximum absolute atomic E-state index is 13.5. The lowest BCUT2D eigenvalue weighted by Crippen LogP contribution is -2.44. The second kappa shape index (κ2) is 10.7. The van der Waals surface area contributed by atoms with Gasteiger partial charge in [-0.15, -0.1) is 0 Å². The van der Waals surface area contributed by atoms with Crippen LogP contribution >= 0.6 is 0 Å². The number of nitrogens with zero attached hydrogens (tertiary/aromatic N) is 5. The first kappa shape index (κ1) is 24.7. The minimum atomic E-state index is -0.620. The predicted molar refractivity (Wildman–Crippen MR) is 141 cm³/mol. The monoisotopic (exact) mass is 526 g/mol. The number of amides is 2. The van der Waals surface area contributed by atoms with Crippen LogP contribution in [0.3, 0.4) is 0 Å². The van der Waals surface area contributed by atoms with Crippen molar-refractivity contribution in [2.24, 2.45) is 0 Å². The molecular weight excluding hydrogens is 499 g/mol. The third kappa shape index (κ3) is 5.51. The van der Waals surface area contributed by atoms with Crippen LogP contribution in [-0.2, 0) is 29.2 Å². The number of fused-ring (bicyclic) bond motifs is 1. The molecule has 0 spiro atoms. The number of likely N-dealkylation sites (tertiary alicyclic amines) is 1. The molecule has 3 heterocycles. The fourth-order valence-corrected chi connectivity index (χ4v) is 5.23. The van der Waals surface area contributed by atoms with Crippen molar-refractivity contribution in [1.29, 1.82) is 0 Å². The molecule has 0 saturated carbocycles. The van der Waals surface area contributed by atoms with Gasteiger partial charge in [0.15, 0.2) is 0 Å². The van der Waals surface area contributed by atoms with Crippen molar-refractivity contribution in [3.8, 4) is 11.5 Å². The molecule has 10 heteroatoms. The van der Waals surface area contributed by atoms with Gasteiger partial charge in [-0.25, -0.2) is 14.1 Å². The topological polar surface area (TPSA) is 92.6 Å². The number of rotatable bonds is 7. The molecule has 0 bridgehead atoms. The molecule has 0 radical (unpaired) electrons. The SMILES string of the molecule is O=C(Nc1ccc(Oc2ccc(F)cc2)cc1)[C@@H]1C[C@@H](N2Cc3ccccc3C2)CN1C(=O)Cn1cncn1. The Kier molecular flexibility index (Phi) is 6.76. The molecule has 2 amide bonds. The van der Waals surface area contributed by atoms with Crippen molar-refractivity contribution in [2.75, 3.05) is 11.9 Å². The van der Waals surface area contributed by atoms with E-state index in [4.69, 9.17) is 4.74 Å². The fraction of sp³-hybridized carbons (Fsp3) is 0.241. The van der Waals surface area contributed by atoms with Gasteiger partial charge in [0.05, 0.1) is 0 Å². The van der Waals surface area contributed by atoms with Crippen LogP contribution in [0, 0.1) is 5.82 Å². The fourth-order valence-electron chi connectivity index (χ4n) is 5.23. The number of benzene rings is 3. The van der Waals surface area contributed by atoms with Gasteiger partial charge in [0, 0.05) is 31.4 Å². The second-order valence-electron chi connectivity index (χ2n) is 9.79. The van der Waals surface area contributed by atoms with Gasteiger partial charge in [-0.3, -0.25) is 14.5 Å². The summed E-state index contributed by atoms with van der Waals surface area (Å²) in [6, 6.07) is 20.5. The molecule has 1 N–H and O–H groups in total. The number of nitrogens with one attached hydrogen (secondary N) is 1. The van der Waals surface area contributed by atoms with E-state index >= 15 is 0 Å². The Hall–Kier alpha value is -4.57. The van der Waals surface area contributed by atoms with Gasteiger partial charge in [0.1, 0.15) is 42.6 Å². The van der Waals surface area contributed by atoms with Crippen LogP contribution in [0.25, 0.3) is 0 Å². The van der Waals surface area contributed by atoms with E-state index in [0.29, 0.717) is 30.2 Å². The molecule has 1 saturated heterocycles. The zero-order chi connectivity index (χ0) is 26.8. The van der Waals surface area contributed by atoms with E-state index in [9.17, 15) is 14.0 Å². The summed E-state index contributed by atoms with van der Waals surface area (Å²) in [5, 5.41) is 7.01. The molecule has 0 unspecified atom stereocenters. The molecule has 2 atom stereocenters. The average molecular weight is 527 g/mol. The Morgan fingerprint density at radius 2 is 1.62 bits per heavy atom. The summed E-state index contributed by atoms with van der Waals surface area (Å²) in [6.45, 7) is 2.09. The molecule has 9 nitrogen and oxygen atoms in total. The maximum atomic E-state index is 13.5. The summed E-state index contributed by atoms with van der Waals surface area (Å²) < 4.78 is 20.4. The first-order valence-electron chi connectivity index (χ1n) is 12.8. The van der Waals surface area contributed by atoms with Crippen LogP contribution < -0.4 is 10.1 Å². The number of ether oxygens (including phenoxy) is 1. The summed E-state index contributed by atoms with van der Waals surface area (Å²) in [5.41, 5.74) is 3.16. The molecule has 1 aromatic heterocycles. The largest absolute Gasteiger partial charge is 0.457 e. The minimum Gasteiger partial charge on any atom is -0.457 e. The number of aromatic nitrogens is 3. The Balaban J connectivity index is 1.15. The number of carbonyl (C=O) groups is 2. The third-order valence-corrected chi connectivity index (χ3v) is 7.22. The van der Waals surface area contributed by atoms with Crippen LogP contribution in [-0.4, -0.2) is 55.0 Å². The van der Waals surface area contributed by atoms with Gasteiger partial charge in [-0.1, -0.05) is 24.3 Å². The van der Waals surface area contributed by atoms with Crippen LogP contribution in [0.15, 0.2) is 85.5 Å². The van der Waals surface area contributed by atoms with E-state index in [1.165, 1.54) is 40.6 Å². The quantitative estimate of drug-likeness (QED) is 0.394. The highest BCUT2D eigenvalue weighted by atomic mass is 19.1. The standard InChI is InChI=1S/C29H27FN6O3/c30-22-5-9-25(10-6-22)39-26-11-7-23(8-12-26)33-29(38)27-13-24(34-14-20-3-1-2-4-21(20)15-34)16-36(27)28(37)17-35-19-31-18-32-35/h1-12,18-19,24,27H,13-17H2,(H,33,38)/t24-,27+/m1/s1. The number of anilines is 1. The molecule has 198 valence electrons. The Morgan fingerprint density at radius 3 is 2.26 bits per heavy atom. The Labute approximate surface area is 224 Å². The number of carbonyl (C=O) groups excluding carboxylic acids is 2. The van der Waals surface area contributed by atoms with E-state index in [0.717, 1.165) is 13.1 Å². The third-order valence-electron chi connectivity index (χ3n) is 7.22. The van der Waals surface area contributed by atoms with E-state index in [2.05, 4.69) is 32.4 Å². The lowest BCUT2D eigenvalue weighted by atomic mass is 10.1. The molecule has 1 fully saturated rings. The zero-order valence-electron chi connectivity index (χ0n) is 21.1. The molecule has 39 heavy (non-hydrogen) atoms. The van der Waals surface area contributed by atoms with Gasteiger partial charge in [-0.2, -0.15) is 5.10 Å². The summed E-state index contributed by atoms with van der Waals surface area (Å²) in [4.78, 5) is 34.7. The lowest BCUT2D eigenvalue weighted by molar-refractivity contribution is -0.137. The predicted octanol–water partition coefficient (Wildman–Crippen LogP) is 3.83. The summed E-state index contributed by atoms with van der Waals surface area (Å²) in [7, 11) is 0.